The van der Waals surface area contributed by atoms with Crippen molar-refractivity contribution in [3.8, 4) is 0 Å². The van der Waals surface area contributed by atoms with Crippen LogP contribution in [0.3, 0.4) is 0 Å². The van der Waals surface area contributed by atoms with Gasteiger partial charge in [0.25, 0.3) is 0 Å². The van der Waals surface area contributed by atoms with Gasteiger partial charge in [0, 0.05) is 17.4 Å². The van der Waals surface area contributed by atoms with Gasteiger partial charge in [0.05, 0.1) is 0 Å². The molecule has 0 heterocycles. The summed E-state index contributed by atoms with van der Waals surface area (Å²) in [5, 5.41) is 3.10. The first-order valence-corrected chi connectivity index (χ1v) is 4.62. The summed E-state index contributed by atoms with van der Waals surface area (Å²) in [6, 6.07) is 0. The van der Waals surface area contributed by atoms with E-state index in [9.17, 15) is 4.79 Å². The molecule has 0 aromatic carbocycles. The molecule has 1 saturated carbocycles. The van der Waals surface area contributed by atoms with Crippen LogP contribution < -0.4 is 5.32 Å². The molecule has 0 aromatic heterocycles. The first kappa shape index (κ1) is 9.72. The number of carbonyl (C=O) groups is 1. The fourth-order valence-corrected chi connectivity index (χ4v) is 1.77. The first-order valence-electron chi connectivity index (χ1n) is 4.62. The molecule has 0 aliphatic heterocycles. The zero-order valence-corrected chi connectivity index (χ0v) is 8.53. The summed E-state index contributed by atoms with van der Waals surface area (Å²) in [7, 11) is 1.91. The van der Waals surface area contributed by atoms with Crippen LogP contribution in [0.2, 0.25) is 0 Å². The number of hydrogen-bond acceptors (Lipinski definition) is 2. The number of Topliss-reactive ketones (excluding diaryl/α,β-unsaturated/α-hetero) is 1. The number of carbonyl (C=O) groups excluding carboxylic acids is 1. The van der Waals surface area contributed by atoms with Gasteiger partial charge in [0.1, 0.15) is 5.78 Å². The second-order valence-electron chi connectivity index (χ2n) is 4.89. The molecule has 0 amide bonds. The molecule has 1 aliphatic carbocycles. The lowest BCUT2D eigenvalue weighted by Gasteiger charge is -2.23. The molecule has 12 heavy (non-hydrogen) atoms. The van der Waals surface area contributed by atoms with Gasteiger partial charge in [-0.2, -0.15) is 0 Å². The summed E-state index contributed by atoms with van der Waals surface area (Å²) >= 11 is 0. The Morgan fingerprint density at radius 1 is 1.42 bits per heavy atom. The number of rotatable bonds is 3. The van der Waals surface area contributed by atoms with Gasteiger partial charge < -0.3 is 5.32 Å². The Hall–Kier alpha value is -0.370. The predicted octanol–water partition coefficient (Wildman–Crippen LogP) is 1.60. The average molecular weight is 169 g/mol. The van der Waals surface area contributed by atoms with Gasteiger partial charge in [0.2, 0.25) is 0 Å². The fourth-order valence-electron chi connectivity index (χ4n) is 1.77. The van der Waals surface area contributed by atoms with Crippen LogP contribution in [0.25, 0.3) is 0 Å². The highest BCUT2D eigenvalue weighted by atomic mass is 16.1. The van der Waals surface area contributed by atoms with Crippen molar-refractivity contribution in [3.05, 3.63) is 0 Å². The molecule has 1 aliphatic rings. The summed E-state index contributed by atoms with van der Waals surface area (Å²) in [6.07, 6.45) is 2.15. The molecule has 1 fully saturated rings. The molecule has 0 aromatic rings. The molecule has 0 atom stereocenters. The topological polar surface area (TPSA) is 29.1 Å². The zero-order valence-electron chi connectivity index (χ0n) is 8.53. The van der Waals surface area contributed by atoms with Crippen LogP contribution in [0.4, 0.5) is 0 Å². The lowest BCUT2D eigenvalue weighted by atomic mass is 9.81. The monoisotopic (exact) mass is 169 g/mol. The maximum absolute atomic E-state index is 11.9. The Morgan fingerprint density at radius 2 is 1.92 bits per heavy atom. The van der Waals surface area contributed by atoms with Gasteiger partial charge in [-0.3, -0.25) is 4.79 Å². The van der Waals surface area contributed by atoms with E-state index < -0.39 is 0 Å². The highest BCUT2D eigenvalue weighted by molar-refractivity contribution is 5.91. The maximum atomic E-state index is 11.9. The molecule has 2 heteroatoms. The third kappa shape index (κ3) is 1.69. The third-order valence-electron chi connectivity index (χ3n) is 2.53. The van der Waals surface area contributed by atoms with E-state index >= 15 is 0 Å². The second-order valence-corrected chi connectivity index (χ2v) is 4.89. The van der Waals surface area contributed by atoms with Crippen LogP contribution in [0.1, 0.15) is 33.6 Å². The minimum absolute atomic E-state index is 0.00694. The van der Waals surface area contributed by atoms with E-state index in [1.807, 2.05) is 27.8 Å². The molecule has 1 N–H and O–H groups in total. The van der Waals surface area contributed by atoms with Gasteiger partial charge in [-0.05, 0) is 19.9 Å². The zero-order chi connectivity index (χ0) is 9.41. The summed E-state index contributed by atoms with van der Waals surface area (Å²) in [6.45, 7) is 6.87. The molecule has 0 spiro atoms. The normalized spacial score (nSPS) is 20.7. The number of hydrogen-bond donors (Lipinski definition) is 1. The Morgan fingerprint density at radius 3 is 2.17 bits per heavy atom. The van der Waals surface area contributed by atoms with Crippen LogP contribution in [0, 0.1) is 10.8 Å². The quantitative estimate of drug-likeness (QED) is 0.695. The highest BCUT2D eigenvalue weighted by Crippen LogP contribution is 2.49. The Balaban J connectivity index is 2.64. The van der Waals surface area contributed by atoms with E-state index in [2.05, 4.69) is 5.32 Å². The Labute approximate surface area is 74.7 Å². The summed E-state index contributed by atoms with van der Waals surface area (Å²) < 4.78 is 0. The van der Waals surface area contributed by atoms with Crippen molar-refractivity contribution >= 4 is 5.78 Å². The van der Waals surface area contributed by atoms with E-state index in [-0.39, 0.29) is 10.8 Å². The minimum atomic E-state index is -0.173. The third-order valence-corrected chi connectivity index (χ3v) is 2.53. The molecule has 0 radical (unpaired) electrons. The number of ketones is 1. The van der Waals surface area contributed by atoms with Gasteiger partial charge >= 0.3 is 0 Å². The maximum Gasteiger partial charge on any atom is 0.145 e. The van der Waals surface area contributed by atoms with Crippen molar-refractivity contribution in [2.75, 3.05) is 13.6 Å². The second kappa shape index (κ2) is 2.84. The predicted molar refractivity (Wildman–Crippen MR) is 50.1 cm³/mol. The lowest BCUT2D eigenvalue weighted by molar-refractivity contribution is -0.131. The molecule has 0 unspecified atom stereocenters. The number of nitrogens with one attached hydrogen (secondary N) is 1. The Kier molecular flexibility index (Phi) is 2.30. The first-order chi connectivity index (χ1) is 5.42. The van der Waals surface area contributed by atoms with Crippen LogP contribution in [0.15, 0.2) is 0 Å². The largest absolute Gasteiger partial charge is 0.319 e. The summed E-state index contributed by atoms with van der Waals surface area (Å²) in [5.74, 6) is 0.421. The molecule has 1 rings (SSSR count). The van der Waals surface area contributed by atoms with Crippen molar-refractivity contribution in [2.24, 2.45) is 10.8 Å². The molecule has 0 bridgehead atoms. The van der Waals surface area contributed by atoms with Crippen molar-refractivity contribution < 1.29 is 4.79 Å². The molecular formula is C10H19NO. The van der Waals surface area contributed by atoms with E-state index in [1.165, 1.54) is 0 Å². The van der Waals surface area contributed by atoms with Crippen LogP contribution in [-0.2, 0) is 4.79 Å². The van der Waals surface area contributed by atoms with Crippen LogP contribution in [0.5, 0.6) is 0 Å². The molecule has 2 nitrogen and oxygen atoms in total. The standard InChI is InChI=1S/C10H19NO/c1-9(2,3)8(12)10(5-6-10)7-11-4/h11H,5-7H2,1-4H3. The lowest BCUT2D eigenvalue weighted by Crippen LogP contribution is -2.35. The van der Waals surface area contributed by atoms with Gasteiger partial charge in [0.15, 0.2) is 0 Å². The van der Waals surface area contributed by atoms with Crippen LogP contribution >= 0.6 is 0 Å². The van der Waals surface area contributed by atoms with Crippen molar-refractivity contribution in [1.29, 1.82) is 0 Å². The summed E-state index contributed by atoms with van der Waals surface area (Å²) in [5.41, 5.74) is -0.180. The molecular weight excluding hydrogens is 150 g/mol. The van der Waals surface area contributed by atoms with E-state index in [0.29, 0.717) is 5.78 Å². The molecule has 70 valence electrons. The summed E-state index contributed by atoms with van der Waals surface area (Å²) in [4.78, 5) is 11.9. The van der Waals surface area contributed by atoms with E-state index in [1.54, 1.807) is 0 Å². The highest BCUT2D eigenvalue weighted by Gasteiger charge is 2.52. The smallest absolute Gasteiger partial charge is 0.145 e. The van der Waals surface area contributed by atoms with Gasteiger partial charge in [-0.15, -0.1) is 0 Å². The van der Waals surface area contributed by atoms with Crippen molar-refractivity contribution in [3.63, 3.8) is 0 Å². The van der Waals surface area contributed by atoms with Crippen molar-refractivity contribution in [1.82, 2.24) is 5.32 Å². The fraction of sp³-hybridized carbons (Fsp3) is 0.900. The van der Waals surface area contributed by atoms with E-state index in [4.69, 9.17) is 0 Å². The SMILES string of the molecule is CNCC1(C(=O)C(C)(C)C)CC1. The Bertz CT molecular complexity index is 187. The van der Waals surface area contributed by atoms with Gasteiger partial charge in [-0.25, -0.2) is 0 Å². The van der Waals surface area contributed by atoms with Crippen molar-refractivity contribution in [2.45, 2.75) is 33.6 Å². The van der Waals surface area contributed by atoms with Crippen LogP contribution in [-0.4, -0.2) is 19.4 Å². The van der Waals surface area contributed by atoms with E-state index in [0.717, 1.165) is 19.4 Å². The molecule has 0 saturated heterocycles. The minimum Gasteiger partial charge on any atom is -0.319 e. The average Bonchev–Trinajstić information content (AvgIpc) is 2.67. The van der Waals surface area contributed by atoms with Gasteiger partial charge in [-0.1, -0.05) is 20.8 Å².